The van der Waals surface area contributed by atoms with E-state index in [1.54, 1.807) is 17.1 Å². The van der Waals surface area contributed by atoms with Gasteiger partial charge in [-0.3, -0.25) is 4.68 Å². The number of nitrogens with zero attached hydrogens (tertiary/aromatic N) is 6. The van der Waals surface area contributed by atoms with Gasteiger partial charge in [-0.1, -0.05) is 5.16 Å². The maximum absolute atomic E-state index is 6.14. The fraction of sp³-hybridized carbons (Fsp3) is 0.154. The summed E-state index contributed by atoms with van der Waals surface area (Å²) in [5, 5.41) is 15.6. The topological polar surface area (TPSA) is 122 Å². The first kappa shape index (κ1) is 12.5. The van der Waals surface area contributed by atoms with E-state index in [1.807, 2.05) is 19.2 Å². The van der Waals surface area contributed by atoms with E-state index in [0.29, 0.717) is 23.4 Å². The molecule has 4 aromatic rings. The molecule has 0 fully saturated rings. The molecular weight excluding hydrogens is 286 g/mol. The van der Waals surface area contributed by atoms with Gasteiger partial charge in [-0.05, 0) is 23.3 Å². The number of pyridine rings is 1. The third-order valence-corrected chi connectivity index (χ3v) is 3.45. The summed E-state index contributed by atoms with van der Waals surface area (Å²) in [7, 11) is 0. The van der Waals surface area contributed by atoms with Crippen LogP contribution in [0.15, 0.2) is 33.9 Å². The number of aromatic nitrogens is 6. The minimum atomic E-state index is 0.407. The van der Waals surface area contributed by atoms with Crippen molar-refractivity contribution in [1.29, 1.82) is 0 Å². The highest BCUT2D eigenvalue weighted by atomic mass is 16.6. The second-order valence-corrected chi connectivity index (χ2v) is 4.84. The maximum Gasteiger partial charge on any atom is 0.226 e. The second kappa shape index (κ2) is 4.65. The smallest absolute Gasteiger partial charge is 0.226 e. The minimum absolute atomic E-state index is 0.407. The average molecular weight is 297 g/mol. The van der Waals surface area contributed by atoms with Crippen LogP contribution in [0.5, 0.6) is 0 Å². The predicted molar refractivity (Wildman–Crippen MR) is 75.6 cm³/mol. The van der Waals surface area contributed by atoms with Crippen molar-refractivity contribution >= 4 is 16.9 Å². The summed E-state index contributed by atoms with van der Waals surface area (Å²) in [4.78, 5) is 4.34. The van der Waals surface area contributed by atoms with Crippen molar-refractivity contribution < 1.29 is 9.15 Å². The Morgan fingerprint density at radius 1 is 1.32 bits per heavy atom. The Morgan fingerprint density at radius 2 is 2.23 bits per heavy atom. The normalized spacial score (nSPS) is 11.3. The number of hydrogen-bond acceptors (Lipinski definition) is 8. The summed E-state index contributed by atoms with van der Waals surface area (Å²) in [5.41, 5.74) is 10.7. The molecule has 0 spiro atoms. The van der Waals surface area contributed by atoms with Crippen molar-refractivity contribution in [3.05, 3.63) is 36.0 Å². The Kier molecular flexibility index (Phi) is 2.65. The molecule has 110 valence electrons. The van der Waals surface area contributed by atoms with Crippen LogP contribution in [0.3, 0.4) is 0 Å². The summed E-state index contributed by atoms with van der Waals surface area (Å²) >= 11 is 0. The lowest BCUT2D eigenvalue weighted by molar-refractivity contribution is 0.315. The lowest BCUT2D eigenvalue weighted by atomic mass is 10.1. The van der Waals surface area contributed by atoms with Crippen molar-refractivity contribution in [3.8, 4) is 11.3 Å². The van der Waals surface area contributed by atoms with Gasteiger partial charge in [0.2, 0.25) is 5.65 Å². The van der Waals surface area contributed by atoms with E-state index in [4.69, 9.17) is 10.3 Å². The largest absolute Gasteiger partial charge is 0.396 e. The fourth-order valence-corrected chi connectivity index (χ4v) is 2.29. The molecule has 0 aliphatic heterocycles. The van der Waals surface area contributed by atoms with Crippen LogP contribution in [0.4, 0.5) is 5.69 Å². The number of nitrogen functional groups attached to an aromatic ring is 1. The van der Waals surface area contributed by atoms with Gasteiger partial charge in [0.05, 0.1) is 29.7 Å². The molecule has 4 heterocycles. The Balaban J connectivity index is 1.72. The summed E-state index contributed by atoms with van der Waals surface area (Å²) in [6, 6.07) is 1.88. The molecule has 0 saturated heterocycles. The zero-order valence-electron chi connectivity index (χ0n) is 11.6. The van der Waals surface area contributed by atoms with E-state index >= 15 is 0 Å². The first-order valence-corrected chi connectivity index (χ1v) is 6.53. The lowest BCUT2D eigenvalue weighted by Crippen LogP contribution is -2.08. The van der Waals surface area contributed by atoms with Gasteiger partial charge in [-0.2, -0.15) is 5.10 Å². The van der Waals surface area contributed by atoms with Crippen LogP contribution in [0, 0.1) is 6.92 Å². The molecule has 22 heavy (non-hydrogen) atoms. The summed E-state index contributed by atoms with van der Waals surface area (Å²) in [6.07, 6.45) is 5.01. The Labute approximate surface area is 123 Å². The van der Waals surface area contributed by atoms with Gasteiger partial charge < -0.3 is 10.3 Å². The molecule has 0 aliphatic rings. The number of nitrogens with two attached hydrogens (primary N) is 1. The van der Waals surface area contributed by atoms with Crippen molar-refractivity contribution in [2.75, 3.05) is 5.73 Å². The van der Waals surface area contributed by atoms with Crippen LogP contribution < -0.4 is 5.73 Å². The molecule has 4 rings (SSSR count). The van der Waals surface area contributed by atoms with E-state index < -0.39 is 0 Å². The Bertz CT molecular complexity index is 939. The van der Waals surface area contributed by atoms with Gasteiger partial charge in [0, 0.05) is 17.5 Å². The molecule has 9 nitrogen and oxygen atoms in total. The van der Waals surface area contributed by atoms with Crippen LogP contribution in [0.25, 0.3) is 22.4 Å². The molecule has 0 unspecified atom stereocenters. The molecule has 0 radical (unpaired) electrons. The zero-order chi connectivity index (χ0) is 15.1. The lowest BCUT2D eigenvalue weighted by Gasteiger charge is -2.08. The molecular formula is C13H11N7O2. The molecule has 0 aliphatic carbocycles. The number of rotatable bonds is 3. The van der Waals surface area contributed by atoms with E-state index in [2.05, 4.69) is 30.2 Å². The zero-order valence-corrected chi connectivity index (χ0v) is 11.6. The van der Waals surface area contributed by atoms with Crippen LogP contribution >= 0.6 is 0 Å². The molecule has 0 bridgehead atoms. The standard InChI is InChI=1S/C13H11N7O2/c1-7-9(11(14)12-13(16-7)19-22-18-12)5-20-3-2-10(17-20)8-4-15-21-6-8/h2-4,6H,5,14H2,1H3. The predicted octanol–water partition coefficient (Wildman–Crippen LogP) is 1.41. The molecule has 9 heteroatoms. The van der Waals surface area contributed by atoms with Crippen LogP contribution in [-0.2, 0) is 6.54 Å². The van der Waals surface area contributed by atoms with E-state index in [9.17, 15) is 0 Å². The third kappa shape index (κ3) is 1.91. The highest BCUT2D eigenvalue weighted by Gasteiger charge is 2.15. The number of hydrogen-bond donors (Lipinski definition) is 1. The molecule has 4 aromatic heterocycles. The van der Waals surface area contributed by atoms with Crippen molar-refractivity contribution in [2.45, 2.75) is 13.5 Å². The van der Waals surface area contributed by atoms with E-state index in [0.717, 1.165) is 22.5 Å². The monoisotopic (exact) mass is 297 g/mol. The molecule has 0 saturated carbocycles. The fourth-order valence-electron chi connectivity index (χ4n) is 2.29. The Hall–Kier alpha value is -3.23. The SMILES string of the molecule is Cc1nc2nonc2c(N)c1Cn1ccc(-c2cnoc2)n1. The van der Waals surface area contributed by atoms with Crippen molar-refractivity contribution in [2.24, 2.45) is 0 Å². The summed E-state index contributed by atoms with van der Waals surface area (Å²) < 4.78 is 11.3. The minimum Gasteiger partial charge on any atom is -0.396 e. The van der Waals surface area contributed by atoms with Gasteiger partial charge in [-0.15, -0.1) is 0 Å². The number of aryl methyl sites for hydroxylation is 1. The van der Waals surface area contributed by atoms with Crippen molar-refractivity contribution in [1.82, 2.24) is 30.2 Å². The van der Waals surface area contributed by atoms with Crippen molar-refractivity contribution in [3.63, 3.8) is 0 Å². The van der Waals surface area contributed by atoms with Gasteiger partial charge in [0.25, 0.3) is 0 Å². The third-order valence-electron chi connectivity index (χ3n) is 3.45. The number of fused-ring (bicyclic) bond motifs is 1. The maximum atomic E-state index is 6.14. The first-order chi connectivity index (χ1) is 10.7. The quantitative estimate of drug-likeness (QED) is 0.602. The molecule has 2 N–H and O–H groups in total. The van der Waals surface area contributed by atoms with Crippen LogP contribution in [0.2, 0.25) is 0 Å². The molecule has 0 atom stereocenters. The number of anilines is 1. The van der Waals surface area contributed by atoms with Gasteiger partial charge >= 0.3 is 0 Å². The van der Waals surface area contributed by atoms with Gasteiger partial charge in [0.1, 0.15) is 6.26 Å². The van der Waals surface area contributed by atoms with Gasteiger partial charge in [-0.25, -0.2) is 9.61 Å². The highest BCUT2D eigenvalue weighted by Crippen LogP contribution is 2.24. The van der Waals surface area contributed by atoms with E-state index in [-0.39, 0.29) is 0 Å². The first-order valence-electron chi connectivity index (χ1n) is 6.53. The van der Waals surface area contributed by atoms with Crippen LogP contribution in [-0.4, -0.2) is 30.2 Å². The van der Waals surface area contributed by atoms with E-state index in [1.165, 1.54) is 0 Å². The average Bonchev–Trinajstić information content (AvgIpc) is 3.23. The Morgan fingerprint density at radius 3 is 3.05 bits per heavy atom. The molecule has 0 amide bonds. The second-order valence-electron chi connectivity index (χ2n) is 4.84. The van der Waals surface area contributed by atoms with Gasteiger partial charge in [0.15, 0.2) is 5.52 Å². The highest BCUT2D eigenvalue weighted by molar-refractivity contribution is 5.85. The summed E-state index contributed by atoms with van der Waals surface area (Å²) in [6.45, 7) is 2.34. The van der Waals surface area contributed by atoms with Crippen LogP contribution in [0.1, 0.15) is 11.3 Å². The molecule has 0 aromatic carbocycles. The summed E-state index contributed by atoms with van der Waals surface area (Å²) in [5.74, 6) is 0.